The van der Waals surface area contributed by atoms with E-state index in [0.717, 1.165) is 38.5 Å². The number of aliphatic hydroxyl groups is 2. The number of carbonyl (C=O) groups is 1. The van der Waals surface area contributed by atoms with Gasteiger partial charge in [0.05, 0.1) is 6.10 Å². The molecule has 4 fully saturated rings. The molecule has 0 spiro atoms. The minimum Gasteiger partial charge on any atom is -0.393 e. The zero-order chi connectivity index (χ0) is 18.2. The molecule has 0 amide bonds. The topological polar surface area (TPSA) is 57.5 Å². The smallest absolute Gasteiger partial charge is 0.162 e. The molecule has 0 bridgehead atoms. The number of hydrogen-bond donors (Lipinski definition) is 2. The van der Waals surface area contributed by atoms with E-state index in [0.29, 0.717) is 29.1 Å². The molecule has 0 saturated heterocycles. The maximum atomic E-state index is 12.4. The van der Waals surface area contributed by atoms with E-state index in [4.69, 9.17) is 0 Å². The molecule has 0 unspecified atom stereocenters. The van der Waals surface area contributed by atoms with Gasteiger partial charge in [-0.3, -0.25) is 4.79 Å². The maximum absolute atomic E-state index is 12.4. The summed E-state index contributed by atoms with van der Waals surface area (Å²) in [4.78, 5) is 12.4. The second-order valence-corrected chi connectivity index (χ2v) is 10.5. The fraction of sp³-hybridized carbons (Fsp3) is 0.955. The number of ketones is 1. The molecule has 0 aliphatic heterocycles. The highest BCUT2D eigenvalue weighted by Crippen LogP contribution is 2.69. The summed E-state index contributed by atoms with van der Waals surface area (Å²) in [6.07, 6.45) is 8.53. The zero-order valence-corrected chi connectivity index (χ0v) is 16.4. The van der Waals surface area contributed by atoms with Gasteiger partial charge < -0.3 is 10.2 Å². The van der Waals surface area contributed by atoms with Crippen LogP contribution in [0.5, 0.6) is 0 Å². The molecule has 0 aromatic rings. The van der Waals surface area contributed by atoms with Crippen molar-refractivity contribution >= 4 is 5.78 Å². The van der Waals surface area contributed by atoms with Gasteiger partial charge in [0.1, 0.15) is 5.60 Å². The van der Waals surface area contributed by atoms with E-state index in [-0.39, 0.29) is 23.2 Å². The lowest BCUT2D eigenvalue weighted by Gasteiger charge is -2.61. The summed E-state index contributed by atoms with van der Waals surface area (Å²) in [7, 11) is 0. The van der Waals surface area contributed by atoms with Crippen molar-refractivity contribution in [2.45, 2.75) is 90.8 Å². The van der Waals surface area contributed by atoms with Gasteiger partial charge in [0.15, 0.2) is 5.78 Å². The summed E-state index contributed by atoms with van der Waals surface area (Å²) >= 11 is 0. The Morgan fingerprint density at radius 3 is 2.40 bits per heavy atom. The van der Waals surface area contributed by atoms with Gasteiger partial charge in [-0.1, -0.05) is 20.8 Å². The molecule has 142 valence electrons. The standard InChI is InChI=1S/C22H36O3/c1-13-11-19-17-6-5-15-12-16(24)7-9-20(15,3)18(17)8-10-21(19,4)22(13,25)14(2)23/h13,15-19,24-25H,5-12H2,1-4H3/t13-,15+,16-,17-,18-,19-,20+,21-,22+/m1/s1. The lowest BCUT2D eigenvalue weighted by molar-refractivity contribution is -0.175. The maximum Gasteiger partial charge on any atom is 0.162 e. The Morgan fingerprint density at radius 1 is 1.00 bits per heavy atom. The first-order valence-corrected chi connectivity index (χ1v) is 10.6. The molecule has 2 N–H and O–H groups in total. The lowest BCUT2D eigenvalue weighted by Crippen LogP contribution is -2.59. The first-order chi connectivity index (χ1) is 11.6. The van der Waals surface area contributed by atoms with Crippen molar-refractivity contribution in [1.82, 2.24) is 0 Å². The Balaban J connectivity index is 1.67. The second-order valence-electron chi connectivity index (χ2n) is 10.5. The molecule has 0 heterocycles. The summed E-state index contributed by atoms with van der Waals surface area (Å²) in [6, 6.07) is 0. The molecule has 0 radical (unpaired) electrons. The van der Waals surface area contributed by atoms with Crippen LogP contribution in [0.2, 0.25) is 0 Å². The van der Waals surface area contributed by atoms with Gasteiger partial charge in [-0.2, -0.15) is 0 Å². The van der Waals surface area contributed by atoms with Crippen LogP contribution in [0.15, 0.2) is 0 Å². The van der Waals surface area contributed by atoms with E-state index in [2.05, 4.69) is 20.8 Å². The van der Waals surface area contributed by atoms with Crippen molar-refractivity contribution in [3.05, 3.63) is 0 Å². The van der Waals surface area contributed by atoms with Gasteiger partial charge in [0, 0.05) is 5.41 Å². The molecule has 0 aromatic heterocycles. The van der Waals surface area contributed by atoms with E-state index in [1.807, 2.05) is 0 Å². The average molecular weight is 349 g/mol. The lowest BCUT2D eigenvalue weighted by atomic mass is 9.44. The third kappa shape index (κ3) is 2.15. The molecule has 4 aliphatic rings. The fourth-order valence-corrected chi connectivity index (χ4v) is 8.33. The van der Waals surface area contributed by atoms with E-state index < -0.39 is 5.60 Å². The van der Waals surface area contributed by atoms with Crippen LogP contribution in [-0.4, -0.2) is 27.7 Å². The van der Waals surface area contributed by atoms with Crippen molar-refractivity contribution < 1.29 is 15.0 Å². The van der Waals surface area contributed by atoms with E-state index in [1.165, 1.54) is 12.8 Å². The Labute approximate surface area is 152 Å². The van der Waals surface area contributed by atoms with Crippen LogP contribution in [0.3, 0.4) is 0 Å². The molecule has 25 heavy (non-hydrogen) atoms. The highest BCUT2D eigenvalue weighted by molar-refractivity contribution is 5.86. The van der Waals surface area contributed by atoms with Crippen LogP contribution in [0, 0.1) is 40.4 Å². The van der Waals surface area contributed by atoms with E-state index >= 15 is 0 Å². The van der Waals surface area contributed by atoms with Gasteiger partial charge >= 0.3 is 0 Å². The zero-order valence-electron chi connectivity index (χ0n) is 16.4. The van der Waals surface area contributed by atoms with Crippen molar-refractivity contribution in [2.24, 2.45) is 40.4 Å². The summed E-state index contributed by atoms with van der Waals surface area (Å²) in [5.41, 5.74) is -1.04. The molecular weight excluding hydrogens is 312 g/mol. The van der Waals surface area contributed by atoms with Gasteiger partial charge in [-0.25, -0.2) is 0 Å². The van der Waals surface area contributed by atoms with Crippen LogP contribution in [0.1, 0.15) is 79.1 Å². The second kappa shape index (κ2) is 5.55. The van der Waals surface area contributed by atoms with Crippen LogP contribution in [0.4, 0.5) is 0 Å². The predicted molar refractivity (Wildman–Crippen MR) is 97.9 cm³/mol. The molecule has 3 nitrogen and oxygen atoms in total. The molecule has 4 saturated carbocycles. The number of rotatable bonds is 1. The fourth-order valence-electron chi connectivity index (χ4n) is 8.33. The third-order valence-electron chi connectivity index (χ3n) is 9.76. The van der Waals surface area contributed by atoms with Gasteiger partial charge in [-0.05, 0) is 93.3 Å². The number of Topliss-reactive ketones (excluding diaryl/α,β-unsaturated/α-hetero) is 1. The number of aliphatic hydroxyl groups excluding tert-OH is 1. The van der Waals surface area contributed by atoms with Gasteiger partial charge in [0.25, 0.3) is 0 Å². The van der Waals surface area contributed by atoms with Crippen molar-refractivity contribution in [3.8, 4) is 0 Å². The van der Waals surface area contributed by atoms with Crippen LogP contribution in [-0.2, 0) is 4.79 Å². The Kier molecular flexibility index (Phi) is 3.99. The Morgan fingerprint density at radius 2 is 1.72 bits per heavy atom. The minimum absolute atomic E-state index is 0.0239. The van der Waals surface area contributed by atoms with Gasteiger partial charge in [0.2, 0.25) is 0 Å². The summed E-state index contributed by atoms with van der Waals surface area (Å²) in [6.45, 7) is 8.37. The molecule has 4 rings (SSSR count). The normalized spacial score (nSPS) is 58.2. The van der Waals surface area contributed by atoms with Gasteiger partial charge in [-0.15, -0.1) is 0 Å². The van der Waals surface area contributed by atoms with Crippen LogP contribution < -0.4 is 0 Å². The minimum atomic E-state index is -1.14. The summed E-state index contributed by atoms with van der Waals surface area (Å²) < 4.78 is 0. The van der Waals surface area contributed by atoms with Crippen molar-refractivity contribution in [2.75, 3.05) is 0 Å². The SMILES string of the molecule is CC(=O)[C@@]1(O)[C@H](C)C[C@@H]2[C@@H]3CC[C@H]4C[C@H](O)CC[C@]4(C)[C@@H]3CC[C@]21C. The summed E-state index contributed by atoms with van der Waals surface area (Å²) in [5, 5.41) is 21.6. The molecule has 3 heteroatoms. The Hall–Kier alpha value is -0.410. The monoisotopic (exact) mass is 348 g/mol. The van der Waals surface area contributed by atoms with Crippen molar-refractivity contribution in [3.63, 3.8) is 0 Å². The number of fused-ring (bicyclic) bond motifs is 5. The van der Waals surface area contributed by atoms with Crippen LogP contribution >= 0.6 is 0 Å². The Bertz CT molecular complexity index is 574. The third-order valence-corrected chi connectivity index (χ3v) is 9.76. The summed E-state index contributed by atoms with van der Waals surface area (Å²) in [5.74, 6) is 2.53. The first-order valence-electron chi connectivity index (χ1n) is 10.6. The molecule has 4 aliphatic carbocycles. The molecular formula is C22H36O3. The highest BCUT2D eigenvalue weighted by atomic mass is 16.3. The number of hydrogen-bond acceptors (Lipinski definition) is 3. The largest absolute Gasteiger partial charge is 0.393 e. The number of carbonyl (C=O) groups excluding carboxylic acids is 1. The predicted octanol–water partition coefficient (Wildman–Crippen LogP) is 3.96. The highest BCUT2D eigenvalue weighted by Gasteiger charge is 2.68. The van der Waals surface area contributed by atoms with E-state index in [1.54, 1.807) is 6.92 Å². The average Bonchev–Trinajstić information content (AvgIpc) is 2.77. The van der Waals surface area contributed by atoms with Crippen LogP contribution in [0.25, 0.3) is 0 Å². The first kappa shape index (κ1) is 18.0. The van der Waals surface area contributed by atoms with Crippen molar-refractivity contribution in [1.29, 1.82) is 0 Å². The quantitative estimate of drug-likeness (QED) is 0.754. The van der Waals surface area contributed by atoms with E-state index in [9.17, 15) is 15.0 Å². The molecule has 0 aromatic carbocycles. The molecule has 9 atom stereocenters.